The highest BCUT2D eigenvalue weighted by Crippen LogP contribution is 2.14. The van der Waals surface area contributed by atoms with Gasteiger partial charge in [0, 0.05) is 17.8 Å². The number of benzene rings is 1. The van der Waals surface area contributed by atoms with Gasteiger partial charge in [0.2, 0.25) is 0 Å². The third-order valence-corrected chi connectivity index (χ3v) is 3.89. The standard InChI is InChI=1S/C18H27N3/c1-13-14(2)20-21(15(13)3)12-17-9-7-8-16(10-17)11-19-18(4,5)6/h7-10,19H,11-12H2,1-6H3. The Labute approximate surface area is 128 Å². The molecule has 3 heteroatoms. The minimum atomic E-state index is 0.142. The van der Waals surface area contributed by atoms with Gasteiger partial charge in [-0.25, -0.2) is 0 Å². The van der Waals surface area contributed by atoms with Gasteiger partial charge in [0.1, 0.15) is 0 Å². The summed E-state index contributed by atoms with van der Waals surface area (Å²) in [6.07, 6.45) is 0. The highest BCUT2D eigenvalue weighted by atomic mass is 15.3. The lowest BCUT2D eigenvalue weighted by molar-refractivity contribution is 0.424. The van der Waals surface area contributed by atoms with Crippen molar-refractivity contribution in [3.05, 3.63) is 52.3 Å². The molecule has 0 atom stereocenters. The van der Waals surface area contributed by atoms with Gasteiger partial charge >= 0.3 is 0 Å². The maximum atomic E-state index is 4.62. The molecule has 21 heavy (non-hydrogen) atoms. The van der Waals surface area contributed by atoms with Gasteiger partial charge in [-0.1, -0.05) is 24.3 Å². The lowest BCUT2D eigenvalue weighted by Crippen LogP contribution is -2.35. The number of rotatable bonds is 4. The molecule has 0 saturated carbocycles. The minimum absolute atomic E-state index is 0.142. The Hall–Kier alpha value is -1.61. The van der Waals surface area contributed by atoms with E-state index in [1.165, 1.54) is 22.4 Å². The van der Waals surface area contributed by atoms with E-state index in [1.807, 2.05) is 0 Å². The van der Waals surface area contributed by atoms with Crippen LogP contribution in [0.3, 0.4) is 0 Å². The van der Waals surface area contributed by atoms with Gasteiger partial charge in [0.05, 0.1) is 12.2 Å². The molecule has 114 valence electrons. The molecule has 1 heterocycles. The predicted molar refractivity (Wildman–Crippen MR) is 88.6 cm³/mol. The normalized spacial score (nSPS) is 11.9. The highest BCUT2D eigenvalue weighted by molar-refractivity contribution is 5.26. The van der Waals surface area contributed by atoms with Gasteiger partial charge in [0.15, 0.2) is 0 Å². The molecule has 0 bridgehead atoms. The summed E-state index contributed by atoms with van der Waals surface area (Å²) in [5.41, 5.74) is 6.43. The first-order valence-corrected chi connectivity index (χ1v) is 7.60. The molecular weight excluding hydrogens is 258 g/mol. The molecule has 1 aromatic heterocycles. The predicted octanol–water partition coefficient (Wildman–Crippen LogP) is 3.74. The van der Waals surface area contributed by atoms with Crippen LogP contribution in [0.25, 0.3) is 0 Å². The molecule has 0 amide bonds. The Bertz CT molecular complexity index is 618. The fraction of sp³-hybridized carbons (Fsp3) is 0.500. The Morgan fingerprint density at radius 1 is 1.10 bits per heavy atom. The number of aromatic nitrogens is 2. The van der Waals surface area contributed by atoms with Crippen molar-refractivity contribution in [3.63, 3.8) is 0 Å². The molecule has 3 nitrogen and oxygen atoms in total. The van der Waals surface area contributed by atoms with Crippen LogP contribution in [0.15, 0.2) is 24.3 Å². The smallest absolute Gasteiger partial charge is 0.0662 e. The highest BCUT2D eigenvalue weighted by Gasteiger charge is 2.10. The summed E-state index contributed by atoms with van der Waals surface area (Å²) in [5.74, 6) is 0. The summed E-state index contributed by atoms with van der Waals surface area (Å²) in [6.45, 7) is 14.7. The summed E-state index contributed by atoms with van der Waals surface area (Å²) >= 11 is 0. The summed E-state index contributed by atoms with van der Waals surface area (Å²) in [6, 6.07) is 8.75. The third kappa shape index (κ3) is 4.18. The summed E-state index contributed by atoms with van der Waals surface area (Å²) in [7, 11) is 0. The zero-order valence-corrected chi connectivity index (χ0v) is 14.1. The lowest BCUT2D eigenvalue weighted by atomic mass is 10.1. The number of hydrogen-bond donors (Lipinski definition) is 1. The van der Waals surface area contributed by atoms with Crippen LogP contribution in [0.1, 0.15) is 48.8 Å². The van der Waals surface area contributed by atoms with Crippen LogP contribution < -0.4 is 5.32 Å². The van der Waals surface area contributed by atoms with Crippen molar-refractivity contribution in [2.75, 3.05) is 0 Å². The van der Waals surface area contributed by atoms with E-state index < -0.39 is 0 Å². The molecular formula is C18H27N3. The summed E-state index contributed by atoms with van der Waals surface area (Å²) in [4.78, 5) is 0. The first kappa shape index (κ1) is 15.8. The van der Waals surface area contributed by atoms with E-state index in [4.69, 9.17) is 0 Å². The first-order valence-electron chi connectivity index (χ1n) is 7.60. The Kier molecular flexibility index (Phi) is 4.52. The van der Waals surface area contributed by atoms with Crippen LogP contribution in [0, 0.1) is 20.8 Å². The van der Waals surface area contributed by atoms with Crippen LogP contribution >= 0.6 is 0 Å². The second-order valence-corrected chi connectivity index (χ2v) is 6.88. The van der Waals surface area contributed by atoms with E-state index in [0.717, 1.165) is 18.8 Å². The van der Waals surface area contributed by atoms with Crippen molar-refractivity contribution in [1.29, 1.82) is 0 Å². The lowest BCUT2D eigenvalue weighted by Gasteiger charge is -2.20. The number of nitrogens with zero attached hydrogens (tertiary/aromatic N) is 2. The first-order chi connectivity index (χ1) is 9.76. The van der Waals surface area contributed by atoms with Crippen molar-refractivity contribution in [1.82, 2.24) is 15.1 Å². The molecule has 0 unspecified atom stereocenters. The van der Waals surface area contributed by atoms with Crippen LogP contribution in [0.2, 0.25) is 0 Å². The van der Waals surface area contributed by atoms with Crippen molar-refractivity contribution in [2.24, 2.45) is 0 Å². The quantitative estimate of drug-likeness (QED) is 0.927. The fourth-order valence-electron chi connectivity index (χ4n) is 2.32. The Balaban J connectivity index is 2.12. The number of hydrogen-bond acceptors (Lipinski definition) is 2. The maximum absolute atomic E-state index is 4.62. The summed E-state index contributed by atoms with van der Waals surface area (Å²) < 4.78 is 2.10. The largest absolute Gasteiger partial charge is 0.308 e. The van der Waals surface area contributed by atoms with Gasteiger partial charge in [-0.2, -0.15) is 5.10 Å². The second kappa shape index (κ2) is 6.02. The molecule has 0 aliphatic carbocycles. The average Bonchev–Trinajstić information content (AvgIpc) is 2.64. The van der Waals surface area contributed by atoms with E-state index in [1.54, 1.807) is 0 Å². The van der Waals surface area contributed by atoms with Crippen LogP contribution in [-0.4, -0.2) is 15.3 Å². The average molecular weight is 285 g/mol. The van der Waals surface area contributed by atoms with E-state index >= 15 is 0 Å². The topological polar surface area (TPSA) is 29.9 Å². The van der Waals surface area contributed by atoms with Gasteiger partial charge in [-0.3, -0.25) is 4.68 Å². The third-order valence-electron chi connectivity index (χ3n) is 3.89. The monoisotopic (exact) mass is 285 g/mol. The molecule has 0 aliphatic heterocycles. The second-order valence-electron chi connectivity index (χ2n) is 6.88. The SMILES string of the molecule is Cc1nn(Cc2cccc(CNC(C)(C)C)c2)c(C)c1C. The number of nitrogens with one attached hydrogen (secondary N) is 1. The maximum Gasteiger partial charge on any atom is 0.0662 e. The van der Waals surface area contributed by atoms with Crippen LogP contribution in [0.5, 0.6) is 0 Å². The van der Waals surface area contributed by atoms with Crippen molar-refractivity contribution < 1.29 is 0 Å². The molecule has 0 saturated heterocycles. The zero-order chi connectivity index (χ0) is 15.6. The van der Waals surface area contributed by atoms with Gasteiger partial charge < -0.3 is 5.32 Å². The van der Waals surface area contributed by atoms with Gasteiger partial charge in [-0.15, -0.1) is 0 Å². The molecule has 0 aliphatic rings. The number of aryl methyl sites for hydroxylation is 1. The van der Waals surface area contributed by atoms with E-state index in [9.17, 15) is 0 Å². The molecule has 1 aromatic carbocycles. The van der Waals surface area contributed by atoms with Crippen molar-refractivity contribution >= 4 is 0 Å². The summed E-state index contributed by atoms with van der Waals surface area (Å²) in [5, 5.41) is 8.15. The van der Waals surface area contributed by atoms with Crippen LogP contribution in [-0.2, 0) is 13.1 Å². The molecule has 1 N–H and O–H groups in total. The molecule has 0 fully saturated rings. The van der Waals surface area contributed by atoms with Gasteiger partial charge in [0.25, 0.3) is 0 Å². The molecule has 2 aromatic rings. The van der Waals surface area contributed by atoms with Gasteiger partial charge in [-0.05, 0) is 58.2 Å². The minimum Gasteiger partial charge on any atom is -0.308 e. The van der Waals surface area contributed by atoms with Crippen molar-refractivity contribution in [2.45, 2.75) is 60.2 Å². The molecule has 2 rings (SSSR count). The van der Waals surface area contributed by atoms with E-state index in [-0.39, 0.29) is 5.54 Å². The fourth-order valence-corrected chi connectivity index (χ4v) is 2.32. The van der Waals surface area contributed by atoms with E-state index in [0.29, 0.717) is 0 Å². The zero-order valence-electron chi connectivity index (χ0n) is 14.1. The van der Waals surface area contributed by atoms with Crippen molar-refractivity contribution in [3.8, 4) is 0 Å². The molecule has 0 spiro atoms. The van der Waals surface area contributed by atoms with Crippen LogP contribution in [0.4, 0.5) is 0 Å². The molecule has 0 radical (unpaired) electrons. The Morgan fingerprint density at radius 2 is 1.76 bits per heavy atom. The Morgan fingerprint density at radius 3 is 2.33 bits per heavy atom. The van der Waals surface area contributed by atoms with E-state index in [2.05, 4.69) is 80.9 Å².